The first kappa shape index (κ1) is 28.7. The van der Waals surface area contributed by atoms with E-state index in [9.17, 15) is 14.7 Å². The Bertz CT molecular complexity index is 1490. The molecule has 3 aromatic rings. The number of fused-ring (bicyclic) bond motifs is 2. The largest absolute Gasteiger partial charge is 0.497 e. The van der Waals surface area contributed by atoms with E-state index < -0.39 is 24.4 Å². The Hall–Kier alpha value is -4.40. The van der Waals surface area contributed by atoms with E-state index in [0.717, 1.165) is 48.8 Å². The maximum atomic E-state index is 14.4. The van der Waals surface area contributed by atoms with Crippen molar-refractivity contribution < 1.29 is 43.1 Å². The van der Waals surface area contributed by atoms with Crippen LogP contribution in [0.3, 0.4) is 0 Å². The second-order valence-electron chi connectivity index (χ2n) is 11.2. The highest BCUT2D eigenvalue weighted by molar-refractivity contribution is 5.80. The van der Waals surface area contributed by atoms with Crippen molar-refractivity contribution in [3.05, 3.63) is 76.9 Å². The summed E-state index contributed by atoms with van der Waals surface area (Å²) in [6, 6.07) is 17.0. The molecule has 2 aliphatic carbocycles. The first-order valence-corrected chi connectivity index (χ1v) is 14.9. The summed E-state index contributed by atoms with van der Waals surface area (Å²) in [5, 5.41) is 9.43. The highest BCUT2D eigenvalue weighted by Crippen LogP contribution is 2.56. The van der Waals surface area contributed by atoms with Crippen molar-refractivity contribution in [3.63, 3.8) is 0 Å². The zero-order valence-corrected chi connectivity index (χ0v) is 24.4. The van der Waals surface area contributed by atoms with Crippen LogP contribution in [0.25, 0.3) is 0 Å². The van der Waals surface area contributed by atoms with E-state index in [4.69, 9.17) is 28.4 Å². The summed E-state index contributed by atoms with van der Waals surface area (Å²) in [7, 11) is 1.54. The van der Waals surface area contributed by atoms with Crippen LogP contribution >= 0.6 is 0 Å². The van der Waals surface area contributed by atoms with Crippen molar-refractivity contribution in [1.29, 1.82) is 0 Å². The maximum absolute atomic E-state index is 14.4. The Morgan fingerprint density at radius 2 is 1.63 bits per heavy atom. The fourth-order valence-corrected chi connectivity index (χ4v) is 6.53. The number of hydrogen-bond donors (Lipinski definition) is 1. The quantitative estimate of drug-likeness (QED) is 0.268. The summed E-state index contributed by atoms with van der Waals surface area (Å²) in [5.74, 6) is -0.133. The average Bonchev–Trinajstić information content (AvgIpc) is 3.77. The van der Waals surface area contributed by atoms with Gasteiger partial charge in [-0.15, -0.1) is 0 Å². The predicted molar refractivity (Wildman–Crippen MR) is 156 cm³/mol. The Morgan fingerprint density at radius 3 is 2.40 bits per heavy atom. The number of carbonyl (C=O) groups is 2. The highest BCUT2D eigenvalue weighted by atomic mass is 16.7. The summed E-state index contributed by atoms with van der Waals surface area (Å²) in [4.78, 5) is 25.9. The van der Waals surface area contributed by atoms with Crippen LogP contribution < -0.4 is 23.7 Å². The first-order chi connectivity index (χ1) is 21.0. The molecule has 0 saturated heterocycles. The van der Waals surface area contributed by atoms with Gasteiger partial charge in [-0.25, -0.2) is 4.79 Å². The zero-order valence-electron chi connectivity index (χ0n) is 24.4. The Balaban J connectivity index is 1.52. The van der Waals surface area contributed by atoms with E-state index in [-0.39, 0.29) is 24.8 Å². The van der Waals surface area contributed by atoms with Gasteiger partial charge < -0.3 is 33.5 Å². The second kappa shape index (κ2) is 12.5. The Kier molecular flexibility index (Phi) is 8.31. The first-order valence-electron chi connectivity index (χ1n) is 14.9. The number of ether oxygens (including phenoxy) is 6. The van der Waals surface area contributed by atoms with Gasteiger partial charge in [-0.2, -0.15) is 0 Å². The molecule has 3 atom stereocenters. The summed E-state index contributed by atoms with van der Waals surface area (Å²) >= 11 is 0. The average molecular weight is 589 g/mol. The van der Waals surface area contributed by atoms with Crippen molar-refractivity contribution in [1.82, 2.24) is 0 Å². The molecule has 0 radical (unpaired) electrons. The molecule has 0 aromatic heterocycles. The van der Waals surface area contributed by atoms with Crippen LogP contribution in [0.15, 0.2) is 54.6 Å². The molecule has 0 unspecified atom stereocenters. The van der Waals surface area contributed by atoms with Crippen molar-refractivity contribution in [2.24, 2.45) is 5.92 Å². The Labute approximate surface area is 250 Å². The van der Waals surface area contributed by atoms with Crippen molar-refractivity contribution >= 4 is 11.9 Å². The minimum atomic E-state index is -1.11. The molecule has 1 fully saturated rings. The van der Waals surface area contributed by atoms with Gasteiger partial charge in [0.15, 0.2) is 18.1 Å². The van der Waals surface area contributed by atoms with Crippen LogP contribution in [0.1, 0.15) is 73.1 Å². The monoisotopic (exact) mass is 588 g/mol. The summed E-state index contributed by atoms with van der Waals surface area (Å²) < 4.78 is 34.8. The smallest absolute Gasteiger partial charge is 0.341 e. The van der Waals surface area contributed by atoms with Crippen LogP contribution in [0.4, 0.5) is 0 Å². The number of benzene rings is 3. The Morgan fingerprint density at radius 1 is 0.860 bits per heavy atom. The molecule has 1 aliphatic heterocycles. The van der Waals surface area contributed by atoms with E-state index in [1.807, 2.05) is 49.4 Å². The lowest BCUT2D eigenvalue weighted by atomic mass is 9.79. The molecular formula is C34H36O9. The molecule has 1 N–H and O–H groups in total. The highest BCUT2D eigenvalue weighted by Gasteiger charge is 2.49. The third-order valence-corrected chi connectivity index (χ3v) is 8.44. The van der Waals surface area contributed by atoms with Crippen LogP contribution in [0, 0.1) is 5.92 Å². The normalized spacial score (nSPS) is 20.5. The lowest BCUT2D eigenvalue weighted by Gasteiger charge is -2.27. The summed E-state index contributed by atoms with van der Waals surface area (Å²) in [6.07, 6.45) is 4.47. The van der Waals surface area contributed by atoms with Gasteiger partial charge in [0.1, 0.15) is 23.4 Å². The fourth-order valence-electron chi connectivity index (χ4n) is 6.53. The lowest BCUT2D eigenvalue weighted by Crippen LogP contribution is -2.29. The summed E-state index contributed by atoms with van der Waals surface area (Å²) in [5.41, 5.74) is 3.42. The molecule has 3 aliphatic rings. The number of esters is 1. The lowest BCUT2D eigenvalue weighted by molar-refractivity contribution is -0.154. The standard InChI is InChI=1S/C34H36O9/c1-3-14-39-23-10-11-24-26(16-23)32(25-12-9-22(38-2)17-28(25)40-18-30(35)36)33(34(37)43-21-6-4-5-7-21)31(24)20-8-13-27-29(15-20)42-19-41-27/h8-13,15-17,21,31-33H,3-7,14,18-19H2,1-2H3,(H,35,36)/t31-,32+,33+/m0/s1. The maximum Gasteiger partial charge on any atom is 0.341 e. The number of carboxylic acid groups (broad SMARTS) is 1. The number of rotatable bonds is 11. The fraction of sp³-hybridized carbons (Fsp3) is 0.412. The van der Waals surface area contributed by atoms with E-state index >= 15 is 0 Å². The number of carboxylic acids is 1. The van der Waals surface area contributed by atoms with Gasteiger partial charge in [0, 0.05) is 23.5 Å². The molecule has 1 saturated carbocycles. The number of hydrogen-bond acceptors (Lipinski definition) is 8. The van der Waals surface area contributed by atoms with Crippen LogP contribution in [-0.4, -0.2) is 50.3 Å². The SMILES string of the molecule is CCCOc1ccc2c(c1)[C@@H](c1ccc(OC)cc1OCC(=O)O)[C@H](C(=O)OC1CCCC1)[C@H]2c1ccc2c(c1)OCO2. The number of carbonyl (C=O) groups excluding carboxylic acids is 1. The van der Waals surface area contributed by atoms with E-state index in [1.165, 1.54) is 7.11 Å². The summed E-state index contributed by atoms with van der Waals surface area (Å²) in [6.45, 7) is 2.20. The minimum absolute atomic E-state index is 0.128. The third-order valence-electron chi connectivity index (χ3n) is 8.44. The molecule has 6 rings (SSSR count). The van der Waals surface area contributed by atoms with Crippen molar-refractivity contribution in [3.8, 4) is 28.7 Å². The molecule has 1 heterocycles. The van der Waals surface area contributed by atoms with Crippen molar-refractivity contribution in [2.45, 2.75) is 57.0 Å². The molecule has 43 heavy (non-hydrogen) atoms. The van der Waals surface area contributed by atoms with E-state index in [2.05, 4.69) is 0 Å². The van der Waals surface area contributed by atoms with Gasteiger partial charge in [0.25, 0.3) is 0 Å². The number of aliphatic carboxylic acids is 1. The predicted octanol–water partition coefficient (Wildman–Crippen LogP) is 6.06. The van der Waals surface area contributed by atoms with Gasteiger partial charge in [0.05, 0.1) is 19.6 Å². The molecule has 0 spiro atoms. The van der Waals surface area contributed by atoms with Gasteiger partial charge in [-0.05, 0) is 79.1 Å². The van der Waals surface area contributed by atoms with Crippen molar-refractivity contribution in [2.75, 3.05) is 27.1 Å². The molecule has 9 nitrogen and oxygen atoms in total. The van der Waals surface area contributed by atoms with E-state index in [1.54, 1.807) is 12.1 Å². The third kappa shape index (κ3) is 5.81. The van der Waals surface area contributed by atoms with Crippen LogP contribution in [-0.2, 0) is 14.3 Å². The molecule has 3 aromatic carbocycles. The van der Waals surface area contributed by atoms with E-state index in [0.29, 0.717) is 40.9 Å². The van der Waals surface area contributed by atoms with Crippen LogP contribution in [0.2, 0.25) is 0 Å². The van der Waals surface area contributed by atoms with Gasteiger partial charge in [0.2, 0.25) is 6.79 Å². The number of methoxy groups -OCH3 is 1. The topological polar surface area (TPSA) is 110 Å². The van der Waals surface area contributed by atoms with Gasteiger partial charge in [-0.1, -0.05) is 25.1 Å². The molecule has 0 bridgehead atoms. The second-order valence-corrected chi connectivity index (χ2v) is 11.2. The molecule has 9 heteroatoms. The van der Waals surface area contributed by atoms with Gasteiger partial charge in [-0.3, -0.25) is 4.79 Å². The molecule has 0 amide bonds. The van der Waals surface area contributed by atoms with Gasteiger partial charge >= 0.3 is 11.9 Å². The molecule has 226 valence electrons. The zero-order chi connectivity index (χ0) is 29.9. The minimum Gasteiger partial charge on any atom is -0.497 e. The van der Waals surface area contributed by atoms with Crippen LogP contribution in [0.5, 0.6) is 28.7 Å². The molecular weight excluding hydrogens is 552 g/mol.